The van der Waals surface area contributed by atoms with E-state index < -0.39 is 5.97 Å². The van der Waals surface area contributed by atoms with Gasteiger partial charge in [0, 0.05) is 18.5 Å². The third-order valence-corrected chi connectivity index (χ3v) is 5.86. The third-order valence-electron chi connectivity index (χ3n) is 4.78. The number of thiophene rings is 1. The lowest BCUT2D eigenvalue weighted by atomic mass is 10.1. The van der Waals surface area contributed by atoms with Crippen molar-refractivity contribution in [3.8, 4) is 0 Å². The third kappa shape index (κ3) is 5.77. The molecule has 3 rings (SSSR count). The van der Waals surface area contributed by atoms with Crippen molar-refractivity contribution in [3.05, 3.63) is 70.8 Å². The Kier molecular flexibility index (Phi) is 7.55. The number of methoxy groups -OCH3 is 1. The van der Waals surface area contributed by atoms with Gasteiger partial charge in [0.2, 0.25) is 5.91 Å². The Morgan fingerprint density at radius 2 is 1.94 bits per heavy atom. The van der Waals surface area contributed by atoms with Gasteiger partial charge in [-0.05, 0) is 31.2 Å². The fraction of sp³-hybridized carbons (Fsp3) is 0.292. The summed E-state index contributed by atoms with van der Waals surface area (Å²) in [6.45, 7) is 10.5. The summed E-state index contributed by atoms with van der Waals surface area (Å²) in [7, 11) is 1.33. The van der Waals surface area contributed by atoms with Crippen molar-refractivity contribution in [2.24, 2.45) is 0 Å². The summed E-state index contributed by atoms with van der Waals surface area (Å²) in [5.41, 5.74) is 3.35. The molecule has 0 aliphatic heterocycles. The molecule has 0 bridgehead atoms. The summed E-state index contributed by atoms with van der Waals surface area (Å²) in [6, 6.07) is 13.3. The second-order valence-corrected chi connectivity index (χ2v) is 8.42. The van der Waals surface area contributed by atoms with Gasteiger partial charge in [-0.25, -0.2) is 9.78 Å². The zero-order chi connectivity index (χ0) is 22.4. The van der Waals surface area contributed by atoms with Crippen molar-refractivity contribution >= 4 is 39.1 Å². The van der Waals surface area contributed by atoms with E-state index in [9.17, 15) is 9.59 Å². The Hall–Kier alpha value is -3.03. The van der Waals surface area contributed by atoms with Crippen molar-refractivity contribution < 1.29 is 14.3 Å². The molecule has 1 amide bonds. The molecule has 0 saturated heterocycles. The number of aromatic nitrogens is 1. The molecule has 1 N–H and O–H groups in total. The van der Waals surface area contributed by atoms with E-state index in [1.165, 1.54) is 18.4 Å². The highest BCUT2D eigenvalue weighted by Gasteiger charge is 2.22. The van der Waals surface area contributed by atoms with Crippen LogP contribution < -0.4 is 5.32 Å². The second-order valence-electron chi connectivity index (χ2n) is 7.42. The number of rotatable bonds is 9. The Bertz CT molecular complexity index is 1090. The Balaban J connectivity index is 1.89. The van der Waals surface area contributed by atoms with Crippen LogP contribution >= 0.6 is 11.3 Å². The van der Waals surface area contributed by atoms with Gasteiger partial charge in [0.15, 0.2) is 0 Å². The summed E-state index contributed by atoms with van der Waals surface area (Å²) in [5.74, 6) is -0.684. The molecule has 0 spiro atoms. The van der Waals surface area contributed by atoms with Gasteiger partial charge >= 0.3 is 5.97 Å². The molecule has 0 aliphatic rings. The highest BCUT2D eigenvalue weighted by Crippen LogP contribution is 2.35. The van der Waals surface area contributed by atoms with Crippen LogP contribution in [0.25, 0.3) is 10.2 Å². The lowest BCUT2D eigenvalue weighted by molar-refractivity contribution is -0.115. The molecule has 6 nitrogen and oxygen atoms in total. The number of carbonyl (C=O) groups excluding carboxylic acids is 2. The molecule has 3 aromatic rings. The van der Waals surface area contributed by atoms with Crippen molar-refractivity contribution in [3.63, 3.8) is 0 Å². The first-order valence-electron chi connectivity index (χ1n) is 10.1. The van der Waals surface area contributed by atoms with Crippen LogP contribution in [-0.4, -0.2) is 42.0 Å². The van der Waals surface area contributed by atoms with Crippen molar-refractivity contribution in [1.82, 2.24) is 9.88 Å². The zero-order valence-corrected chi connectivity index (χ0v) is 18.9. The fourth-order valence-electron chi connectivity index (χ4n) is 3.32. The minimum atomic E-state index is -0.489. The molecule has 0 aliphatic carbocycles. The first-order valence-corrected chi connectivity index (χ1v) is 10.9. The highest BCUT2D eigenvalue weighted by molar-refractivity contribution is 7.21. The summed E-state index contributed by atoms with van der Waals surface area (Å²) < 4.78 is 4.94. The van der Waals surface area contributed by atoms with Crippen molar-refractivity contribution in [2.45, 2.75) is 26.8 Å². The van der Waals surface area contributed by atoms with Crippen molar-refractivity contribution in [1.29, 1.82) is 0 Å². The zero-order valence-electron chi connectivity index (χ0n) is 18.1. The van der Waals surface area contributed by atoms with Crippen LogP contribution in [0.15, 0.2) is 54.6 Å². The van der Waals surface area contributed by atoms with Gasteiger partial charge in [-0.1, -0.05) is 49.4 Å². The predicted octanol–water partition coefficient (Wildman–Crippen LogP) is 4.66. The molecule has 2 heterocycles. The maximum absolute atomic E-state index is 12.6. The Morgan fingerprint density at radius 1 is 1.19 bits per heavy atom. The number of esters is 1. The molecule has 1 aromatic carbocycles. The topological polar surface area (TPSA) is 71.5 Å². The number of nitrogens with zero attached hydrogens (tertiary/aromatic N) is 2. The van der Waals surface area contributed by atoms with Gasteiger partial charge in [0.1, 0.15) is 9.71 Å². The maximum Gasteiger partial charge on any atom is 0.350 e. The molecule has 162 valence electrons. The first-order chi connectivity index (χ1) is 14.9. The average Bonchev–Trinajstić information content (AvgIpc) is 3.10. The van der Waals surface area contributed by atoms with Crippen LogP contribution in [0.3, 0.4) is 0 Å². The summed E-state index contributed by atoms with van der Waals surface area (Å²) in [5, 5.41) is 3.64. The number of hydrogen-bond acceptors (Lipinski definition) is 6. The SMILES string of the molecule is C=C(C)CN(CC)Cc1ccc2c(NC(=O)Cc3ccccc3)c(C(=O)OC)sc2n1. The molecule has 2 aromatic heterocycles. The van der Waals surface area contributed by atoms with Crippen molar-refractivity contribution in [2.75, 3.05) is 25.5 Å². The highest BCUT2D eigenvalue weighted by atomic mass is 32.1. The van der Waals surface area contributed by atoms with E-state index in [-0.39, 0.29) is 12.3 Å². The minimum Gasteiger partial charge on any atom is -0.465 e. The number of nitrogens with one attached hydrogen (secondary N) is 1. The standard InChI is InChI=1S/C24H27N3O3S/c1-5-27(14-16(2)3)15-18-11-12-19-21(22(24(29)30-4)31-23(19)25-18)26-20(28)13-17-9-7-6-8-10-17/h6-12H,2,5,13-15H2,1,3-4H3,(H,26,28). The molecule has 31 heavy (non-hydrogen) atoms. The average molecular weight is 438 g/mol. The van der Waals surface area contributed by atoms with Crippen LogP contribution in [-0.2, 0) is 22.5 Å². The lowest BCUT2D eigenvalue weighted by Crippen LogP contribution is -2.24. The van der Waals surface area contributed by atoms with Gasteiger partial charge in [-0.2, -0.15) is 0 Å². The number of pyridine rings is 1. The molecular weight excluding hydrogens is 410 g/mol. The number of ether oxygens (including phenoxy) is 1. The largest absolute Gasteiger partial charge is 0.465 e. The van der Waals surface area contributed by atoms with E-state index in [4.69, 9.17) is 9.72 Å². The normalized spacial score (nSPS) is 11.0. The van der Waals surface area contributed by atoms with Gasteiger partial charge < -0.3 is 10.1 Å². The second kappa shape index (κ2) is 10.3. The van der Waals surface area contributed by atoms with E-state index in [1.807, 2.05) is 49.4 Å². The fourth-order valence-corrected chi connectivity index (χ4v) is 4.39. The Morgan fingerprint density at radius 3 is 2.58 bits per heavy atom. The molecule has 7 heteroatoms. The Labute approximate surface area is 186 Å². The van der Waals surface area contributed by atoms with E-state index in [1.54, 1.807) is 0 Å². The number of likely N-dealkylation sites (N-methyl/N-ethyl adjacent to an activating group) is 1. The maximum atomic E-state index is 12.6. The van der Waals surface area contributed by atoms with Gasteiger partial charge in [-0.3, -0.25) is 9.69 Å². The monoisotopic (exact) mass is 437 g/mol. The number of hydrogen-bond donors (Lipinski definition) is 1. The first kappa shape index (κ1) is 22.7. The lowest BCUT2D eigenvalue weighted by Gasteiger charge is -2.19. The van der Waals surface area contributed by atoms with Crippen LogP contribution in [0.1, 0.15) is 34.8 Å². The summed E-state index contributed by atoms with van der Waals surface area (Å²) in [6.07, 6.45) is 0.219. The van der Waals surface area contributed by atoms with Crippen LogP contribution in [0.5, 0.6) is 0 Å². The van der Waals surface area contributed by atoms with E-state index in [0.717, 1.165) is 35.3 Å². The molecular formula is C24H27N3O3S. The molecule has 0 fully saturated rings. The quantitative estimate of drug-likeness (QED) is 0.389. The number of carbonyl (C=O) groups is 2. The van der Waals surface area contributed by atoms with Gasteiger partial charge in [0.05, 0.1) is 24.9 Å². The van der Waals surface area contributed by atoms with E-state index in [2.05, 4.69) is 23.7 Å². The molecule has 0 unspecified atom stereocenters. The van der Waals surface area contributed by atoms with Gasteiger partial charge in [-0.15, -0.1) is 11.3 Å². The van der Waals surface area contributed by atoms with E-state index >= 15 is 0 Å². The number of amides is 1. The van der Waals surface area contributed by atoms with Crippen LogP contribution in [0, 0.1) is 0 Å². The molecule has 0 atom stereocenters. The number of benzene rings is 1. The molecule has 0 saturated carbocycles. The van der Waals surface area contributed by atoms with E-state index in [0.29, 0.717) is 21.9 Å². The predicted molar refractivity (Wildman–Crippen MR) is 126 cm³/mol. The number of anilines is 1. The van der Waals surface area contributed by atoms with Crippen LogP contribution in [0.2, 0.25) is 0 Å². The smallest absolute Gasteiger partial charge is 0.350 e. The number of fused-ring (bicyclic) bond motifs is 1. The minimum absolute atomic E-state index is 0.196. The van der Waals surface area contributed by atoms with Crippen LogP contribution in [0.4, 0.5) is 5.69 Å². The molecule has 0 radical (unpaired) electrons. The summed E-state index contributed by atoms with van der Waals surface area (Å²) in [4.78, 5) is 33.0. The summed E-state index contributed by atoms with van der Waals surface area (Å²) >= 11 is 1.23. The van der Waals surface area contributed by atoms with Gasteiger partial charge in [0.25, 0.3) is 0 Å².